The number of sulfonamides is 1. The summed E-state index contributed by atoms with van der Waals surface area (Å²) >= 11 is 0. The van der Waals surface area contributed by atoms with Crippen LogP contribution in [0, 0.1) is 0 Å². The topological polar surface area (TPSA) is 46.2 Å². The van der Waals surface area contributed by atoms with Crippen LogP contribution in [-0.4, -0.2) is 8.42 Å². The number of hydrogen-bond acceptors (Lipinski definition) is 2. The maximum absolute atomic E-state index is 13.0. The van der Waals surface area contributed by atoms with E-state index in [1.54, 1.807) is 12.1 Å². The molecule has 27 heavy (non-hydrogen) atoms. The van der Waals surface area contributed by atoms with Crippen molar-refractivity contribution in [1.82, 2.24) is 4.49 Å². The standard InChI is InChI=1S/C22H24NO2PS/c1-2-3-10-19-15-17-22(18-16-19)27(24,25)23-26(20-11-6-4-7-12-20)21-13-8-5-9-14-21/h4-9,11-18,23H,2-3,10H2,1H3. The van der Waals surface area contributed by atoms with Crippen LogP contribution in [0.2, 0.25) is 0 Å². The second kappa shape index (κ2) is 9.27. The Balaban J connectivity index is 1.88. The zero-order chi connectivity index (χ0) is 19.1. The first-order valence-electron chi connectivity index (χ1n) is 9.12. The lowest BCUT2D eigenvalue weighted by atomic mass is 10.1. The molecule has 0 bridgehead atoms. The molecule has 0 fully saturated rings. The zero-order valence-corrected chi connectivity index (χ0v) is 17.1. The Morgan fingerprint density at radius 3 is 1.78 bits per heavy atom. The van der Waals surface area contributed by atoms with Crippen LogP contribution in [-0.2, 0) is 16.4 Å². The summed E-state index contributed by atoms with van der Waals surface area (Å²) in [6.07, 6.45) is 3.21. The minimum atomic E-state index is -3.61. The SMILES string of the molecule is CCCCc1ccc(S(=O)(=O)NP(c2ccccc2)c2ccccc2)cc1. The van der Waals surface area contributed by atoms with Gasteiger partial charge in [0.25, 0.3) is 0 Å². The van der Waals surface area contributed by atoms with Gasteiger partial charge in [0.05, 0.1) is 4.90 Å². The highest BCUT2D eigenvalue weighted by Crippen LogP contribution is 2.31. The second-order valence-electron chi connectivity index (χ2n) is 6.35. The van der Waals surface area contributed by atoms with Crippen molar-refractivity contribution in [3.8, 4) is 0 Å². The summed E-state index contributed by atoms with van der Waals surface area (Å²) in [7, 11) is -4.83. The Morgan fingerprint density at radius 1 is 0.778 bits per heavy atom. The van der Waals surface area contributed by atoms with Gasteiger partial charge in [-0.15, -0.1) is 0 Å². The molecule has 0 amide bonds. The number of hydrogen-bond donors (Lipinski definition) is 1. The quantitative estimate of drug-likeness (QED) is 0.574. The number of aryl methyl sites for hydroxylation is 1. The molecule has 0 aliphatic carbocycles. The molecular formula is C22H24NO2PS. The number of benzene rings is 3. The fourth-order valence-electron chi connectivity index (χ4n) is 2.80. The fraction of sp³-hybridized carbons (Fsp3) is 0.182. The maximum Gasteiger partial charge on any atom is 0.244 e. The Labute approximate surface area is 163 Å². The molecule has 0 spiro atoms. The van der Waals surface area contributed by atoms with E-state index in [2.05, 4.69) is 11.4 Å². The fourth-order valence-corrected chi connectivity index (χ4v) is 6.76. The monoisotopic (exact) mass is 397 g/mol. The van der Waals surface area contributed by atoms with Crippen molar-refractivity contribution in [2.24, 2.45) is 0 Å². The summed E-state index contributed by atoms with van der Waals surface area (Å²) in [6, 6.07) is 26.7. The highest BCUT2D eigenvalue weighted by molar-refractivity contribution is 7.97. The van der Waals surface area contributed by atoms with Crippen molar-refractivity contribution in [1.29, 1.82) is 0 Å². The Kier molecular flexibility index (Phi) is 6.78. The molecule has 0 atom stereocenters. The van der Waals surface area contributed by atoms with Crippen LogP contribution in [0.1, 0.15) is 25.3 Å². The van der Waals surface area contributed by atoms with Crippen molar-refractivity contribution in [3.63, 3.8) is 0 Å². The first-order valence-corrected chi connectivity index (χ1v) is 11.9. The van der Waals surface area contributed by atoms with Gasteiger partial charge in [-0.25, -0.2) is 8.42 Å². The minimum absolute atomic E-state index is 0.308. The van der Waals surface area contributed by atoms with Gasteiger partial charge in [0.15, 0.2) is 0 Å². The van der Waals surface area contributed by atoms with E-state index >= 15 is 0 Å². The molecule has 3 rings (SSSR count). The van der Waals surface area contributed by atoms with Crippen LogP contribution >= 0.6 is 8.07 Å². The molecule has 1 N–H and O–H groups in total. The summed E-state index contributed by atoms with van der Waals surface area (Å²) in [5.41, 5.74) is 1.17. The van der Waals surface area contributed by atoms with Crippen molar-refractivity contribution < 1.29 is 8.42 Å². The summed E-state index contributed by atoms with van der Waals surface area (Å²) in [5, 5.41) is 1.95. The van der Waals surface area contributed by atoms with E-state index in [0.29, 0.717) is 4.90 Å². The van der Waals surface area contributed by atoms with E-state index in [1.165, 1.54) is 5.56 Å². The molecule has 0 saturated heterocycles. The molecule has 3 nitrogen and oxygen atoms in total. The maximum atomic E-state index is 13.0. The van der Waals surface area contributed by atoms with E-state index in [4.69, 9.17) is 0 Å². The summed E-state index contributed by atoms with van der Waals surface area (Å²) in [5.74, 6) is 0. The smallest absolute Gasteiger partial charge is 0.207 e. The molecule has 0 aliphatic heterocycles. The van der Waals surface area contributed by atoms with Crippen LogP contribution in [0.4, 0.5) is 0 Å². The van der Waals surface area contributed by atoms with Gasteiger partial charge in [-0.1, -0.05) is 86.1 Å². The Morgan fingerprint density at radius 2 is 1.30 bits per heavy atom. The van der Waals surface area contributed by atoms with Crippen molar-refractivity contribution >= 4 is 28.7 Å². The Bertz CT molecular complexity index is 903. The van der Waals surface area contributed by atoms with E-state index in [9.17, 15) is 8.42 Å². The number of unbranched alkanes of at least 4 members (excludes halogenated alkanes) is 1. The van der Waals surface area contributed by atoms with Gasteiger partial charge >= 0.3 is 0 Å². The zero-order valence-electron chi connectivity index (χ0n) is 15.4. The van der Waals surface area contributed by atoms with Crippen LogP contribution in [0.25, 0.3) is 0 Å². The lowest BCUT2D eigenvalue weighted by Gasteiger charge is -2.20. The summed E-state index contributed by atoms with van der Waals surface area (Å²) in [6.45, 7) is 2.15. The van der Waals surface area contributed by atoms with Crippen molar-refractivity contribution in [3.05, 3.63) is 90.5 Å². The first-order chi connectivity index (χ1) is 13.1. The van der Waals surface area contributed by atoms with Gasteiger partial charge in [0, 0.05) is 8.07 Å². The van der Waals surface area contributed by atoms with E-state index in [-0.39, 0.29) is 0 Å². The molecule has 3 aromatic carbocycles. The summed E-state index contributed by atoms with van der Waals surface area (Å²) < 4.78 is 29.0. The largest absolute Gasteiger partial charge is 0.244 e. The summed E-state index contributed by atoms with van der Waals surface area (Å²) in [4.78, 5) is 0.308. The van der Waals surface area contributed by atoms with Gasteiger partial charge in [0.2, 0.25) is 10.0 Å². The molecule has 0 saturated carbocycles. The van der Waals surface area contributed by atoms with Gasteiger partial charge < -0.3 is 0 Å². The third-order valence-electron chi connectivity index (χ3n) is 4.29. The number of rotatable bonds is 8. The van der Waals surface area contributed by atoms with Crippen LogP contribution in [0.3, 0.4) is 0 Å². The van der Waals surface area contributed by atoms with Crippen molar-refractivity contribution in [2.45, 2.75) is 31.1 Å². The van der Waals surface area contributed by atoms with E-state index < -0.39 is 18.1 Å². The van der Waals surface area contributed by atoms with Crippen molar-refractivity contribution in [2.75, 3.05) is 0 Å². The third kappa shape index (κ3) is 5.26. The molecular weight excluding hydrogens is 373 g/mol. The van der Waals surface area contributed by atoms with Gasteiger partial charge in [0.1, 0.15) is 0 Å². The lowest BCUT2D eigenvalue weighted by molar-refractivity contribution is 0.594. The molecule has 0 unspecified atom stereocenters. The normalized spacial score (nSPS) is 11.6. The average Bonchev–Trinajstić information content (AvgIpc) is 2.72. The third-order valence-corrected chi connectivity index (χ3v) is 8.51. The van der Waals surface area contributed by atoms with Crippen LogP contribution in [0.15, 0.2) is 89.8 Å². The Hall–Kier alpha value is -2.00. The molecule has 0 aliphatic rings. The molecule has 140 valence electrons. The molecule has 3 aromatic rings. The molecule has 0 radical (unpaired) electrons. The lowest BCUT2D eigenvalue weighted by Crippen LogP contribution is -2.28. The van der Waals surface area contributed by atoms with Gasteiger partial charge in [-0.2, -0.15) is 4.49 Å². The second-order valence-corrected chi connectivity index (χ2v) is 10.3. The minimum Gasteiger partial charge on any atom is -0.207 e. The first kappa shape index (κ1) is 19.8. The van der Waals surface area contributed by atoms with E-state index in [0.717, 1.165) is 29.9 Å². The predicted molar refractivity (Wildman–Crippen MR) is 114 cm³/mol. The van der Waals surface area contributed by atoms with Gasteiger partial charge in [-0.05, 0) is 41.1 Å². The average molecular weight is 397 g/mol. The molecule has 0 heterocycles. The van der Waals surface area contributed by atoms with E-state index in [1.807, 2.05) is 72.8 Å². The molecule has 5 heteroatoms. The highest BCUT2D eigenvalue weighted by Gasteiger charge is 2.22. The molecule has 0 aromatic heterocycles. The number of nitrogens with one attached hydrogen (secondary N) is 1. The van der Waals surface area contributed by atoms with Crippen LogP contribution in [0.5, 0.6) is 0 Å². The van der Waals surface area contributed by atoms with Gasteiger partial charge in [-0.3, -0.25) is 0 Å². The highest BCUT2D eigenvalue weighted by atomic mass is 32.2. The predicted octanol–water partition coefficient (Wildman–Crippen LogP) is 4.36. The van der Waals surface area contributed by atoms with Crippen LogP contribution < -0.4 is 15.1 Å².